The van der Waals surface area contributed by atoms with Crippen molar-refractivity contribution in [3.8, 4) is 17.2 Å². The second-order valence-corrected chi connectivity index (χ2v) is 5.77. The lowest BCUT2D eigenvalue weighted by atomic mass is 10.1. The first-order chi connectivity index (χ1) is 14.5. The molecule has 0 saturated carbocycles. The first-order valence-electron chi connectivity index (χ1n) is 8.98. The minimum absolute atomic E-state index is 0.0647. The summed E-state index contributed by atoms with van der Waals surface area (Å²) in [7, 11) is 4.23. The van der Waals surface area contributed by atoms with Gasteiger partial charge < -0.3 is 29.0 Å². The van der Waals surface area contributed by atoms with Crippen LogP contribution < -0.4 is 19.5 Å². The third kappa shape index (κ3) is 5.19. The highest BCUT2D eigenvalue weighted by atomic mass is 16.5. The van der Waals surface area contributed by atoms with Crippen LogP contribution in [0.3, 0.4) is 0 Å². The summed E-state index contributed by atoms with van der Waals surface area (Å²) >= 11 is 0. The van der Waals surface area contributed by atoms with Crippen LogP contribution in [0.15, 0.2) is 36.4 Å². The van der Waals surface area contributed by atoms with Crippen LogP contribution in [0.5, 0.6) is 17.2 Å². The van der Waals surface area contributed by atoms with Crippen LogP contribution in [0.2, 0.25) is 0 Å². The Balaban J connectivity index is 2.09. The average molecular weight is 417 g/mol. The number of rotatable bonds is 9. The van der Waals surface area contributed by atoms with E-state index < -0.39 is 24.5 Å². The lowest BCUT2D eigenvalue weighted by Crippen LogP contribution is -2.22. The number of anilines is 1. The fraction of sp³-hybridized carbons (Fsp3) is 0.286. The maximum atomic E-state index is 12.5. The second-order valence-electron chi connectivity index (χ2n) is 5.77. The van der Waals surface area contributed by atoms with Crippen molar-refractivity contribution in [3.63, 3.8) is 0 Å². The van der Waals surface area contributed by atoms with E-state index in [1.165, 1.54) is 39.5 Å². The predicted octanol–water partition coefficient (Wildman–Crippen LogP) is 2.68. The third-order valence-corrected chi connectivity index (χ3v) is 3.95. The van der Waals surface area contributed by atoms with E-state index in [-0.39, 0.29) is 34.9 Å². The molecule has 2 aromatic carbocycles. The van der Waals surface area contributed by atoms with E-state index in [1.54, 1.807) is 25.1 Å². The van der Waals surface area contributed by atoms with Gasteiger partial charge in [-0.15, -0.1) is 0 Å². The summed E-state index contributed by atoms with van der Waals surface area (Å²) in [5.74, 6) is -1.27. The van der Waals surface area contributed by atoms with Gasteiger partial charge in [0.2, 0.25) is 5.75 Å². The standard InChI is InChI=1S/C21H23NO8/c1-5-29-20(24)13-8-6-7-9-15(13)22-17(23)12-30-21(25)14-10-11-16(26-2)19(28-4)18(14)27-3/h6-11H,5,12H2,1-4H3,(H,22,23). The van der Waals surface area contributed by atoms with E-state index in [0.717, 1.165) is 0 Å². The van der Waals surface area contributed by atoms with Crippen LogP contribution >= 0.6 is 0 Å². The zero-order valence-electron chi connectivity index (χ0n) is 17.1. The predicted molar refractivity (Wildman–Crippen MR) is 107 cm³/mol. The highest BCUT2D eigenvalue weighted by Gasteiger charge is 2.22. The zero-order chi connectivity index (χ0) is 22.1. The van der Waals surface area contributed by atoms with Gasteiger partial charge in [0.25, 0.3) is 5.91 Å². The molecule has 0 fully saturated rings. The molecule has 0 aromatic heterocycles. The summed E-state index contributed by atoms with van der Waals surface area (Å²) < 4.78 is 25.7. The quantitative estimate of drug-likeness (QED) is 0.620. The van der Waals surface area contributed by atoms with Gasteiger partial charge in [0.15, 0.2) is 18.1 Å². The number of hydrogen-bond acceptors (Lipinski definition) is 8. The molecule has 30 heavy (non-hydrogen) atoms. The molecular formula is C21H23NO8. The molecule has 0 aliphatic carbocycles. The Morgan fingerprint density at radius 2 is 1.47 bits per heavy atom. The van der Waals surface area contributed by atoms with Gasteiger partial charge in [0.05, 0.1) is 39.2 Å². The van der Waals surface area contributed by atoms with E-state index in [9.17, 15) is 14.4 Å². The maximum absolute atomic E-state index is 12.5. The highest BCUT2D eigenvalue weighted by Crippen LogP contribution is 2.39. The SMILES string of the molecule is CCOC(=O)c1ccccc1NC(=O)COC(=O)c1ccc(OC)c(OC)c1OC. The van der Waals surface area contributed by atoms with Gasteiger partial charge in [-0.2, -0.15) is 0 Å². The Kier molecular flexibility index (Phi) is 8.04. The van der Waals surface area contributed by atoms with Crippen molar-refractivity contribution >= 4 is 23.5 Å². The molecule has 2 rings (SSSR count). The number of benzene rings is 2. The van der Waals surface area contributed by atoms with Crippen LogP contribution in [-0.2, 0) is 14.3 Å². The number of carbonyl (C=O) groups is 3. The number of para-hydroxylation sites is 1. The van der Waals surface area contributed by atoms with Gasteiger partial charge in [-0.05, 0) is 31.2 Å². The molecule has 1 N–H and O–H groups in total. The van der Waals surface area contributed by atoms with Gasteiger partial charge in [-0.1, -0.05) is 12.1 Å². The van der Waals surface area contributed by atoms with Gasteiger partial charge in [0, 0.05) is 0 Å². The molecule has 0 bridgehead atoms. The Hall–Kier alpha value is -3.75. The molecule has 0 aliphatic heterocycles. The highest BCUT2D eigenvalue weighted by molar-refractivity contribution is 6.02. The van der Waals surface area contributed by atoms with Crippen LogP contribution in [-0.4, -0.2) is 52.4 Å². The molecule has 0 atom stereocenters. The Bertz CT molecular complexity index is 925. The summed E-state index contributed by atoms with van der Waals surface area (Å²) in [4.78, 5) is 36.7. The van der Waals surface area contributed by atoms with Gasteiger partial charge in [0.1, 0.15) is 5.56 Å². The van der Waals surface area contributed by atoms with E-state index in [0.29, 0.717) is 5.75 Å². The van der Waals surface area contributed by atoms with E-state index in [4.69, 9.17) is 23.7 Å². The van der Waals surface area contributed by atoms with Crippen LogP contribution in [0.1, 0.15) is 27.6 Å². The van der Waals surface area contributed by atoms with Crippen molar-refractivity contribution in [1.82, 2.24) is 0 Å². The lowest BCUT2D eigenvalue weighted by molar-refractivity contribution is -0.119. The summed E-state index contributed by atoms with van der Waals surface area (Å²) in [5.41, 5.74) is 0.510. The number of nitrogens with one attached hydrogen (secondary N) is 1. The molecule has 0 spiro atoms. The number of amides is 1. The summed E-state index contributed by atoms with van der Waals surface area (Å²) in [6, 6.07) is 9.33. The molecule has 9 heteroatoms. The first kappa shape index (κ1) is 22.5. The summed E-state index contributed by atoms with van der Waals surface area (Å²) in [6.45, 7) is 1.31. The second kappa shape index (κ2) is 10.7. The molecule has 160 valence electrons. The third-order valence-electron chi connectivity index (χ3n) is 3.95. The monoisotopic (exact) mass is 417 g/mol. The van der Waals surface area contributed by atoms with Gasteiger partial charge in [-0.3, -0.25) is 4.79 Å². The van der Waals surface area contributed by atoms with Gasteiger partial charge >= 0.3 is 11.9 Å². The van der Waals surface area contributed by atoms with Crippen molar-refractivity contribution in [2.75, 3.05) is 39.9 Å². The molecule has 0 aliphatic rings. The number of methoxy groups -OCH3 is 3. The molecular weight excluding hydrogens is 394 g/mol. The number of hydrogen-bond donors (Lipinski definition) is 1. The fourth-order valence-corrected chi connectivity index (χ4v) is 2.64. The molecule has 0 radical (unpaired) electrons. The van der Waals surface area contributed by atoms with E-state index in [2.05, 4.69) is 5.32 Å². The van der Waals surface area contributed by atoms with Crippen molar-refractivity contribution < 1.29 is 38.1 Å². The normalized spacial score (nSPS) is 10.0. The maximum Gasteiger partial charge on any atom is 0.342 e. The smallest absolute Gasteiger partial charge is 0.342 e. The van der Waals surface area contributed by atoms with Crippen LogP contribution in [0.4, 0.5) is 5.69 Å². The largest absolute Gasteiger partial charge is 0.493 e. The Labute approximate surface area is 173 Å². The lowest BCUT2D eigenvalue weighted by Gasteiger charge is -2.15. The van der Waals surface area contributed by atoms with Crippen LogP contribution in [0, 0.1) is 0 Å². The molecule has 2 aromatic rings. The van der Waals surface area contributed by atoms with E-state index >= 15 is 0 Å². The molecule has 0 unspecified atom stereocenters. The fourth-order valence-electron chi connectivity index (χ4n) is 2.64. The van der Waals surface area contributed by atoms with Crippen molar-refractivity contribution in [3.05, 3.63) is 47.5 Å². The minimum Gasteiger partial charge on any atom is -0.493 e. The molecule has 0 heterocycles. The topological polar surface area (TPSA) is 109 Å². The Morgan fingerprint density at radius 3 is 2.10 bits per heavy atom. The van der Waals surface area contributed by atoms with Crippen molar-refractivity contribution in [2.45, 2.75) is 6.92 Å². The number of ether oxygens (including phenoxy) is 5. The van der Waals surface area contributed by atoms with Crippen molar-refractivity contribution in [2.24, 2.45) is 0 Å². The molecule has 1 amide bonds. The number of carbonyl (C=O) groups excluding carboxylic acids is 3. The minimum atomic E-state index is -0.790. The van der Waals surface area contributed by atoms with Gasteiger partial charge in [-0.25, -0.2) is 9.59 Å². The van der Waals surface area contributed by atoms with Crippen molar-refractivity contribution in [1.29, 1.82) is 0 Å². The first-order valence-corrected chi connectivity index (χ1v) is 8.98. The summed E-state index contributed by atoms with van der Waals surface area (Å²) in [6.07, 6.45) is 0. The van der Waals surface area contributed by atoms with Crippen LogP contribution in [0.25, 0.3) is 0 Å². The Morgan fingerprint density at radius 1 is 0.800 bits per heavy atom. The number of esters is 2. The zero-order valence-corrected chi connectivity index (χ0v) is 17.1. The average Bonchev–Trinajstić information content (AvgIpc) is 2.76. The van der Waals surface area contributed by atoms with E-state index in [1.807, 2.05) is 0 Å². The molecule has 9 nitrogen and oxygen atoms in total. The molecule has 0 saturated heterocycles. The summed E-state index contributed by atoms with van der Waals surface area (Å²) in [5, 5.41) is 2.53.